The molecule has 1 saturated heterocycles. The van der Waals surface area contributed by atoms with Gasteiger partial charge in [0.15, 0.2) is 0 Å². The Balaban J connectivity index is 1.55. The summed E-state index contributed by atoms with van der Waals surface area (Å²) in [6, 6.07) is 0. The molecule has 5 aliphatic rings. The van der Waals surface area contributed by atoms with E-state index in [9.17, 15) is 4.79 Å². The van der Waals surface area contributed by atoms with Crippen LogP contribution in [0.25, 0.3) is 0 Å². The topological polar surface area (TPSA) is 23.6 Å². The van der Waals surface area contributed by atoms with Crippen LogP contribution in [0.1, 0.15) is 59.3 Å². The molecule has 4 aliphatic carbocycles. The molecule has 2 unspecified atom stereocenters. The molecule has 3 nitrogen and oxygen atoms in total. The average Bonchev–Trinajstić information content (AvgIpc) is 2.43. The van der Waals surface area contributed by atoms with Crippen LogP contribution in [-0.4, -0.2) is 48.4 Å². The molecule has 0 N–H and O–H groups in total. The highest BCUT2D eigenvalue weighted by Gasteiger charge is 2.63. The fraction of sp³-hybridized carbons (Fsp3) is 0.947. The fourth-order valence-electron chi connectivity index (χ4n) is 7.29. The van der Waals surface area contributed by atoms with Crippen molar-refractivity contribution in [2.24, 2.45) is 22.2 Å². The van der Waals surface area contributed by atoms with Crippen molar-refractivity contribution >= 4 is 5.91 Å². The Bertz CT molecular complexity index is 462. The standard InChI is InChI=1S/C19H32N2O/c1-4-20-5-7-21(8-6-20)16(22)19-11-15-9-17(2,13-19)12-18(3,10-15)14-19/h15H,4-14H2,1-3H3/t15?,17-,18+,19?. The number of rotatable bonds is 2. The number of hydrogen-bond donors (Lipinski definition) is 0. The van der Waals surface area contributed by atoms with Crippen LogP contribution in [0.4, 0.5) is 0 Å². The van der Waals surface area contributed by atoms with Gasteiger partial charge in [0.2, 0.25) is 5.91 Å². The van der Waals surface area contributed by atoms with E-state index >= 15 is 0 Å². The minimum atomic E-state index is -0.00268. The van der Waals surface area contributed by atoms with E-state index in [0.717, 1.165) is 38.6 Å². The molecular weight excluding hydrogens is 272 g/mol. The molecule has 4 atom stereocenters. The van der Waals surface area contributed by atoms with Crippen LogP contribution in [0, 0.1) is 22.2 Å². The van der Waals surface area contributed by atoms with E-state index in [1.807, 2.05) is 0 Å². The minimum absolute atomic E-state index is 0.00268. The van der Waals surface area contributed by atoms with Crippen molar-refractivity contribution in [1.29, 1.82) is 0 Å². The number of piperazine rings is 1. The monoisotopic (exact) mass is 304 g/mol. The molecule has 124 valence electrons. The van der Waals surface area contributed by atoms with Crippen molar-refractivity contribution in [3.63, 3.8) is 0 Å². The Morgan fingerprint density at radius 3 is 2.05 bits per heavy atom. The second kappa shape index (κ2) is 4.72. The average molecular weight is 304 g/mol. The van der Waals surface area contributed by atoms with Crippen molar-refractivity contribution in [2.45, 2.75) is 59.3 Å². The van der Waals surface area contributed by atoms with Gasteiger partial charge in [-0.1, -0.05) is 20.8 Å². The van der Waals surface area contributed by atoms with Gasteiger partial charge in [-0.2, -0.15) is 0 Å². The Morgan fingerprint density at radius 2 is 1.55 bits per heavy atom. The van der Waals surface area contributed by atoms with Crippen LogP contribution in [0.3, 0.4) is 0 Å². The van der Waals surface area contributed by atoms with Gasteiger partial charge in [0.25, 0.3) is 0 Å². The summed E-state index contributed by atoms with van der Waals surface area (Å²) < 4.78 is 0. The highest BCUT2D eigenvalue weighted by molar-refractivity contribution is 5.83. The third-order valence-electron chi connectivity index (χ3n) is 7.19. The summed E-state index contributed by atoms with van der Waals surface area (Å²) in [6.07, 6.45) is 7.63. The summed E-state index contributed by atoms with van der Waals surface area (Å²) >= 11 is 0. The first kappa shape index (κ1) is 15.0. The predicted octanol–water partition coefficient (Wildman–Crippen LogP) is 3.15. The normalized spacial score (nSPS) is 48.0. The molecule has 3 heteroatoms. The molecule has 1 aliphatic heterocycles. The Kier molecular flexibility index (Phi) is 3.21. The lowest BCUT2D eigenvalue weighted by atomic mass is 9.40. The highest BCUT2D eigenvalue weighted by atomic mass is 16.2. The maximum absolute atomic E-state index is 13.4. The van der Waals surface area contributed by atoms with Crippen molar-refractivity contribution in [3.8, 4) is 0 Å². The van der Waals surface area contributed by atoms with Crippen molar-refractivity contribution in [3.05, 3.63) is 0 Å². The smallest absolute Gasteiger partial charge is 0.228 e. The number of carbonyl (C=O) groups is 1. The lowest BCUT2D eigenvalue weighted by molar-refractivity contribution is -0.180. The van der Waals surface area contributed by atoms with Gasteiger partial charge < -0.3 is 9.80 Å². The van der Waals surface area contributed by atoms with Gasteiger partial charge in [-0.05, 0) is 61.8 Å². The zero-order valence-electron chi connectivity index (χ0n) is 14.7. The van der Waals surface area contributed by atoms with E-state index < -0.39 is 0 Å². The molecule has 5 fully saturated rings. The van der Waals surface area contributed by atoms with E-state index in [1.54, 1.807) is 0 Å². The van der Waals surface area contributed by atoms with Gasteiger partial charge in [0, 0.05) is 26.2 Å². The summed E-state index contributed by atoms with van der Waals surface area (Å²) in [5.74, 6) is 1.33. The van der Waals surface area contributed by atoms with Crippen LogP contribution >= 0.6 is 0 Å². The maximum atomic E-state index is 13.4. The van der Waals surface area contributed by atoms with Crippen molar-refractivity contribution < 1.29 is 4.79 Å². The van der Waals surface area contributed by atoms with Gasteiger partial charge in [-0.15, -0.1) is 0 Å². The van der Waals surface area contributed by atoms with Crippen molar-refractivity contribution in [2.75, 3.05) is 32.7 Å². The Hall–Kier alpha value is -0.570. The fourth-order valence-corrected chi connectivity index (χ4v) is 7.29. The highest BCUT2D eigenvalue weighted by Crippen LogP contribution is 2.69. The molecule has 4 bridgehead atoms. The first-order valence-corrected chi connectivity index (χ1v) is 9.37. The summed E-state index contributed by atoms with van der Waals surface area (Å²) in [4.78, 5) is 18.1. The van der Waals surface area contributed by atoms with Gasteiger partial charge in [0.1, 0.15) is 0 Å². The third-order valence-corrected chi connectivity index (χ3v) is 7.19. The molecule has 0 aromatic carbocycles. The van der Waals surface area contributed by atoms with Gasteiger partial charge in [-0.25, -0.2) is 0 Å². The molecule has 0 radical (unpaired) electrons. The minimum Gasteiger partial charge on any atom is -0.340 e. The number of carbonyl (C=O) groups excluding carboxylic acids is 1. The van der Waals surface area contributed by atoms with E-state index in [2.05, 4.69) is 30.6 Å². The molecule has 1 heterocycles. The third kappa shape index (κ3) is 2.23. The molecule has 4 saturated carbocycles. The summed E-state index contributed by atoms with van der Waals surface area (Å²) in [5.41, 5.74) is 0.876. The SMILES string of the molecule is CCN1CCN(C(=O)C23CC4C[C@@](C)(C2)C[C@](C)(C4)C3)CC1. The summed E-state index contributed by atoms with van der Waals surface area (Å²) in [7, 11) is 0. The predicted molar refractivity (Wildman–Crippen MR) is 88.5 cm³/mol. The zero-order valence-corrected chi connectivity index (χ0v) is 14.7. The van der Waals surface area contributed by atoms with Crippen LogP contribution in [0.15, 0.2) is 0 Å². The van der Waals surface area contributed by atoms with Crippen LogP contribution in [0.2, 0.25) is 0 Å². The van der Waals surface area contributed by atoms with Crippen molar-refractivity contribution in [1.82, 2.24) is 9.80 Å². The number of nitrogens with zero attached hydrogens (tertiary/aromatic N) is 2. The maximum Gasteiger partial charge on any atom is 0.228 e. The second-order valence-electron chi connectivity index (χ2n) is 9.64. The largest absolute Gasteiger partial charge is 0.340 e. The quantitative estimate of drug-likeness (QED) is 0.782. The lowest BCUT2D eigenvalue weighted by Gasteiger charge is -2.65. The molecule has 0 aromatic heterocycles. The van der Waals surface area contributed by atoms with E-state index in [1.165, 1.54) is 38.5 Å². The van der Waals surface area contributed by atoms with Crippen LogP contribution < -0.4 is 0 Å². The lowest BCUT2D eigenvalue weighted by Crippen LogP contribution is -2.62. The second-order valence-corrected chi connectivity index (χ2v) is 9.64. The van der Waals surface area contributed by atoms with Gasteiger partial charge in [0.05, 0.1) is 5.41 Å². The van der Waals surface area contributed by atoms with E-state index in [4.69, 9.17) is 0 Å². The Labute approximate surface area is 135 Å². The summed E-state index contributed by atoms with van der Waals surface area (Å²) in [6.45, 7) is 12.3. The Morgan fingerprint density at radius 1 is 0.955 bits per heavy atom. The van der Waals surface area contributed by atoms with Crippen LogP contribution in [0.5, 0.6) is 0 Å². The number of amides is 1. The van der Waals surface area contributed by atoms with E-state index in [-0.39, 0.29) is 5.41 Å². The first-order chi connectivity index (χ1) is 10.4. The molecular formula is C19H32N2O. The number of likely N-dealkylation sites (N-methyl/N-ethyl adjacent to an activating group) is 1. The molecule has 1 amide bonds. The van der Waals surface area contributed by atoms with Gasteiger partial charge in [-0.3, -0.25) is 4.79 Å². The number of hydrogen-bond acceptors (Lipinski definition) is 2. The van der Waals surface area contributed by atoms with E-state index in [0.29, 0.717) is 16.7 Å². The first-order valence-electron chi connectivity index (χ1n) is 9.37. The molecule has 22 heavy (non-hydrogen) atoms. The molecule has 0 spiro atoms. The molecule has 0 aromatic rings. The van der Waals surface area contributed by atoms with Gasteiger partial charge >= 0.3 is 0 Å². The molecule has 5 rings (SSSR count). The van der Waals surface area contributed by atoms with Crippen LogP contribution in [-0.2, 0) is 4.79 Å². The summed E-state index contributed by atoms with van der Waals surface area (Å²) in [5, 5.41) is 0. The zero-order chi connectivity index (χ0) is 15.6.